The van der Waals surface area contributed by atoms with Gasteiger partial charge in [-0.2, -0.15) is 0 Å². The van der Waals surface area contributed by atoms with Crippen molar-refractivity contribution in [2.75, 3.05) is 20.1 Å². The molecule has 0 saturated carbocycles. The number of likely N-dealkylation sites (tertiary alicyclic amines) is 1. The molecule has 0 aliphatic carbocycles. The second kappa shape index (κ2) is 5.86. The summed E-state index contributed by atoms with van der Waals surface area (Å²) in [7, 11) is 1.57. The Labute approximate surface area is 101 Å². The van der Waals surface area contributed by atoms with Gasteiger partial charge in [0, 0.05) is 20.1 Å². The van der Waals surface area contributed by atoms with E-state index in [1.54, 1.807) is 14.0 Å². The Bertz CT molecular complexity index is 293. The first-order valence-electron chi connectivity index (χ1n) is 5.86. The third-order valence-corrected chi connectivity index (χ3v) is 2.90. The number of likely N-dealkylation sites (N-methyl/N-ethyl adjacent to an activating group) is 1. The number of urea groups is 1. The first-order valence-corrected chi connectivity index (χ1v) is 5.86. The third-order valence-electron chi connectivity index (χ3n) is 2.90. The van der Waals surface area contributed by atoms with Crippen LogP contribution in [0.1, 0.15) is 26.2 Å². The van der Waals surface area contributed by atoms with Crippen molar-refractivity contribution < 1.29 is 19.8 Å². The first-order chi connectivity index (χ1) is 7.93. The van der Waals surface area contributed by atoms with Gasteiger partial charge in [-0.25, -0.2) is 9.59 Å². The lowest BCUT2D eigenvalue weighted by Gasteiger charge is -2.36. The number of piperidine rings is 1. The van der Waals surface area contributed by atoms with Crippen LogP contribution in [-0.2, 0) is 4.79 Å². The number of carboxylic acids is 1. The van der Waals surface area contributed by atoms with Crippen LogP contribution in [0.2, 0.25) is 0 Å². The van der Waals surface area contributed by atoms with E-state index in [0.717, 1.165) is 12.8 Å². The molecule has 17 heavy (non-hydrogen) atoms. The van der Waals surface area contributed by atoms with Crippen molar-refractivity contribution in [3.05, 3.63) is 0 Å². The largest absolute Gasteiger partial charge is 0.480 e. The van der Waals surface area contributed by atoms with E-state index in [9.17, 15) is 14.7 Å². The summed E-state index contributed by atoms with van der Waals surface area (Å²) in [5.74, 6) is -0.955. The molecule has 2 N–H and O–H groups in total. The predicted molar refractivity (Wildman–Crippen MR) is 61.7 cm³/mol. The fourth-order valence-electron chi connectivity index (χ4n) is 2.11. The summed E-state index contributed by atoms with van der Waals surface area (Å²) in [5, 5.41) is 18.3. The Morgan fingerprint density at radius 3 is 2.65 bits per heavy atom. The van der Waals surface area contributed by atoms with Crippen molar-refractivity contribution in [3.8, 4) is 0 Å². The van der Waals surface area contributed by atoms with E-state index in [-0.39, 0.29) is 12.6 Å². The number of rotatable bonds is 3. The zero-order valence-electron chi connectivity index (χ0n) is 10.3. The third kappa shape index (κ3) is 3.59. The van der Waals surface area contributed by atoms with Crippen molar-refractivity contribution >= 4 is 12.0 Å². The fraction of sp³-hybridized carbons (Fsp3) is 0.818. The molecular weight excluding hydrogens is 224 g/mol. The van der Waals surface area contributed by atoms with Gasteiger partial charge in [0.25, 0.3) is 0 Å². The quantitative estimate of drug-likeness (QED) is 0.751. The van der Waals surface area contributed by atoms with Crippen LogP contribution in [0, 0.1) is 0 Å². The summed E-state index contributed by atoms with van der Waals surface area (Å²) < 4.78 is 0. The molecule has 1 rings (SSSR count). The lowest BCUT2D eigenvalue weighted by molar-refractivity contribution is -0.143. The molecule has 2 atom stereocenters. The molecule has 1 fully saturated rings. The van der Waals surface area contributed by atoms with Gasteiger partial charge >= 0.3 is 12.0 Å². The van der Waals surface area contributed by atoms with Gasteiger partial charge in [0.15, 0.2) is 0 Å². The Hall–Kier alpha value is -1.30. The minimum absolute atomic E-state index is 0.210. The van der Waals surface area contributed by atoms with Gasteiger partial charge in [0.2, 0.25) is 0 Å². The van der Waals surface area contributed by atoms with Gasteiger partial charge in [0.1, 0.15) is 6.04 Å². The molecule has 0 bridgehead atoms. The average molecular weight is 244 g/mol. The summed E-state index contributed by atoms with van der Waals surface area (Å²) in [6.07, 6.45) is 1.56. The van der Waals surface area contributed by atoms with Gasteiger partial charge in [-0.05, 0) is 26.2 Å². The molecule has 1 aliphatic heterocycles. The average Bonchev–Trinajstić information content (AvgIpc) is 2.27. The number of nitrogens with zero attached hydrogens (tertiary/aromatic N) is 2. The van der Waals surface area contributed by atoms with Crippen molar-refractivity contribution in [1.82, 2.24) is 9.80 Å². The number of carbonyl (C=O) groups is 2. The molecular formula is C11H20N2O4. The Balaban J connectivity index is 2.67. The number of carboxylic acid groups (broad SMARTS) is 1. The lowest BCUT2D eigenvalue weighted by Crippen LogP contribution is -2.53. The number of hydrogen-bond acceptors (Lipinski definition) is 3. The second-order valence-electron chi connectivity index (χ2n) is 4.56. The van der Waals surface area contributed by atoms with Crippen LogP contribution in [0.15, 0.2) is 0 Å². The van der Waals surface area contributed by atoms with Crippen LogP contribution in [0.5, 0.6) is 0 Å². The topological polar surface area (TPSA) is 81.1 Å². The molecule has 6 nitrogen and oxygen atoms in total. The molecule has 6 heteroatoms. The molecule has 1 heterocycles. The number of aliphatic hydroxyl groups is 1. The van der Waals surface area contributed by atoms with Crippen LogP contribution in [0.4, 0.5) is 4.79 Å². The predicted octanol–water partition coefficient (Wildman–Crippen LogP) is 0.358. The molecule has 0 spiro atoms. The maximum atomic E-state index is 12.0. The number of amides is 2. The van der Waals surface area contributed by atoms with E-state index >= 15 is 0 Å². The molecule has 1 saturated heterocycles. The van der Waals surface area contributed by atoms with Crippen LogP contribution in [0.25, 0.3) is 0 Å². The smallest absolute Gasteiger partial charge is 0.326 e. The lowest BCUT2D eigenvalue weighted by atomic mass is 10.0. The van der Waals surface area contributed by atoms with Gasteiger partial charge < -0.3 is 20.0 Å². The van der Waals surface area contributed by atoms with E-state index in [2.05, 4.69) is 0 Å². The van der Waals surface area contributed by atoms with Crippen LogP contribution >= 0.6 is 0 Å². The summed E-state index contributed by atoms with van der Waals surface area (Å²) in [6, 6.07) is -1.05. The minimum Gasteiger partial charge on any atom is -0.480 e. The Morgan fingerprint density at radius 2 is 2.12 bits per heavy atom. The molecule has 1 aliphatic rings. The van der Waals surface area contributed by atoms with E-state index in [1.807, 2.05) is 0 Å². The zero-order chi connectivity index (χ0) is 13.0. The van der Waals surface area contributed by atoms with Crippen LogP contribution in [0.3, 0.4) is 0 Å². The second-order valence-corrected chi connectivity index (χ2v) is 4.56. The van der Waals surface area contributed by atoms with Crippen molar-refractivity contribution in [1.29, 1.82) is 0 Å². The highest BCUT2D eigenvalue weighted by molar-refractivity contribution is 5.82. The number of hydrogen-bond donors (Lipinski definition) is 2. The van der Waals surface area contributed by atoms with Crippen molar-refractivity contribution in [2.45, 2.75) is 38.3 Å². The monoisotopic (exact) mass is 244 g/mol. The Kier molecular flexibility index (Phi) is 4.74. The molecule has 0 radical (unpaired) electrons. The number of aliphatic hydroxyl groups excluding tert-OH is 1. The molecule has 0 aromatic carbocycles. The number of aliphatic carboxylic acids is 1. The van der Waals surface area contributed by atoms with E-state index in [0.29, 0.717) is 13.0 Å². The number of carbonyl (C=O) groups excluding carboxylic acids is 1. The highest BCUT2D eigenvalue weighted by Gasteiger charge is 2.33. The van der Waals surface area contributed by atoms with Gasteiger partial charge in [-0.3, -0.25) is 0 Å². The summed E-state index contributed by atoms with van der Waals surface area (Å²) >= 11 is 0. The van der Waals surface area contributed by atoms with E-state index in [1.165, 1.54) is 9.80 Å². The molecule has 0 aromatic heterocycles. The highest BCUT2D eigenvalue weighted by Crippen LogP contribution is 2.18. The molecule has 2 unspecified atom stereocenters. The zero-order valence-corrected chi connectivity index (χ0v) is 10.3. The SMILES string of the molecule is CC(O)CN(C)C(=O)N1CCCCC1C(=O)O. The normalized spacial score (nSPS) is 22.1. The first kappa shape index (κ1) is 13.8. The van der Waals surface area contributed by atoms with Gasteiger partial charge in [-0.1, -0.05) is 0 Å². The summed E-state index contributed by atoms with van der Waals surface area (Å²) in [5.41, 5.74) is 0. The molecule has 98 valence electrons. The summed E-state index contributed by atoms with van der Waals surface area (Å²) in [4.78, 5) is 25.8. The molecule has 2 amide bonds. The van der Waals surface area contributed by atoms with Crippen molar-refractivity contribution in [2.24, 2.45) is 0 Å². The molecule has 0 aromatic rings. The Morgan fingerprint density at radius 1 is 1.47 bits per heavy atom. The van der Waals surface area contributed by atoms with Gasteiger partial charge in [0.05, 0.1) is 6.10 Å². The maximum Gasteiger partial charge on any atom is 0.326 e. The van der Waals surface area contributed by atoms with Crippen LogP contribution in [-0.4, -0.2) is 64.3 Å². The van der Waals surface area contributed by atoms with Gasteiger partial charge in [-0.15, -0.1) is 0 Å². The summed E-state index contributed by atoms with van der Waals surface area (Å²) in [6.45, 7) is 2.27. The standard InChI is InChI=1S/C11H20N2O4/c1-8(14)7-12(2)11(17)13-6-4-3-5-9(13)10(15)16/h8-9,14H,3-7H2,1-2H3,(H,15,16). The van der Waals surface area contributed by atoms with E-state index < -0.39 is 18.1 Å². The fourth-order valence-corrected chi connectivity index (χ4v) is 2.11. The minimum atomic E-state index is -0.955. The maximum absolute atomic E-state index is 12.0. The van der Waals surface area contributed by atoms with Crippen LogP contribution < -0.4 is 0 Å². The highest BCUT2D eigenvalue weighted by atomic mass is 16.4. The van der Waals surface area contributed by atoms with Crippen molar-refractivity contribution in [3.63, 3.8) is 0 Å². The van der Waals surface area contributed by atoms with E-state index in [4.69, 9.17) is 5.11 Å².